The maximum Gasteiger partial charge on any atom is 0.418 e. The molecule has 1 N–H and O–H groups in total. The number of hydrogen-bond acceptors (Lipinski definition) is 1. The lowest BCUT2D eigenvalue weighted by atomic mass is 10.1. The molecule has 0 aliphatic heterocycles. The van der Waals surface area contributed by atoms with Crippen LogP contribution in [0.25, 0.3) is 0 Å². The van der Waals surface area contributed by atoms with Crippen molar-refractivity contribution < 1.29 is 13.2 Å². The molecule has 1 nitrogen and oxygen atoms in total. The topological polar surface area (TPSA) is 12.0 Å². The molecule has 0 fully saturated rings. The Bertz CT molecular complexity index is 322. The van der Waals surface area contributed by atoms with Crippen molar-refractivity contribution in [3.63, 3.8) is 0 Å². The number of rotatable bonds is 2. The number of nitrogens with one attached hydrogen (secondary N) is 1. The molecular formula is C9H9BrF3N. The fourth-order valence-electron chi connectivity index (χ4n) is 1.10. The molecule has 0 aromatic heterocycles. The Morgan fingerprint density at radius 2 is 2.00 bits per heavy atom. The minimum Gasteiger partial charge on any atom is -0.385 e. The molecule has 0 heterocycles. The largest absolute Gasteiger partial charge is 0.418 e. The van der Waals surface area contributed by atoms with Crippen molar-refractivity contribution in [2.75, 3.05) is 11.9 Å². The second-order valence-corrected chi connectivity index (χ2v) is 3.63. The highest BCUT2D eigenvalue weighted by Gasteiger charge is 2.33. The Balaban J connectivity index is 3.15. The third-order valence-electron chi connectivity index (χ3n) is 1.65. The molecule has 0 aliphatic rings. The fraction of sp³-hybridized carbons (Fsp3) is 0.333. The first-order valence-electron chi connectivity index (χ1n) is 4.05. The first-order chi connectivity index (χ1) is 6.45. The van der Waals surface area contributed by atoms with Crippen molar-refractivity contribution in [3.8, 4) is 0 Å². The van der Waals surface area contributed by atoms with Gasteiger partial charge in [-0.05, 0) is 25.1 Å². The van der Waals surface area contributed by atoms with E-state index in [1.54, 1.807) is 6.92 Å². The van der Waals surface area contributed by atoms with E-state index in [9.17, 15) is 13.2 Å². The van der Waals surface area contributed by atoms with Crippen LogP contribution in [0, 0.1) is 0 Å². The average molecular weight is 268 g/mol. The van der Waals surface area contributed by atoms with Crippen molar-refractivity contribution >= 4 is 21.6 Å². The van der Waals surface area contributed by atoms with Crippen LogP contribution in [0.2, 0.25) is 0 Å². The summed E-state index contributed by atoms with van der Waals surface area (Å²) in [5.74, 6) is 0. The Morgan fingerprint density at radius 3 is 2.50 bits per heavy atom. The normalized spacial score (nSPS) is 11.5. The van der Waals surface area contributed by atoms with Gasteiger partial charge in [0.1, 0.15) is 0 Å². The molecule has 14 heavy (non-hydrogen) atoms. The van der Waals surface area contributed by atoms with Crippen LogP contribution in [-0.4, -0.2) is 6.54 Å². The standard InChI is InChI=1S/C9H9BrF3N/c1-2-14-8-5-6(10)3-4-7(8)9(11,12)13/h3-5,14H,2H2,1H3. The minimum atomic E-state index is -4.31. The van der Waals surface area contributed by atoms with Crippen molar-refractivity contribution in [1.82, 2.24) is 0 Å². The lowest BCUT2D eigenvalue weighted by Crippen LogP contribution is -2.10. The summed E-state index contributed by atoms with van der Waals surface area (Å²) in [4.78, 5) is 0. The number of benzene rings is 1. The van der Waals surface area contributed by atoms with Crippen molar-refractivity contribution in [2.24, 2.45) is 0 Å². The number of anilines is 1. The molecule has 78 valence electrons. The summed E-state index contributed by atoms with van der Waals surface area (Å²) >= 11 is 3.13. The second kappa shape index (κ2) is 4.21. The van der Waals surface area contributed by atoms with Crippen molar-refractivity contribution in [2.45, 2.75) is 13.1 Å². The lowest BCUT2D eigenvalue weighted by Gasteiger charge is -2.13. The zero-order chi connectivity index (χ0) is 10.8. The van der Waals surface area contributed by atoms with E-state index in [-0.39, 0.29) is 5.69 Å². The second-order valence-electron chi connectivity index (χ2n) is 2.72. The van der Waals surface area contributed by atoms with Gasteiger partial charge >= 0.3 is 6.18 Å². The SMILES string of the molecule is CCNc1cc(Br)ccc1C(F)(F)F. The van der Waals surface area contributed by atoms with E-state index in [1.807, 2.05) is 0 Å². The van der Waals surface area contributed by atoms with Gasteiger partial charge < -0.3 is 5.32 Å². The highest BCUT2D eigenvalue weighted by atomic mass is 79.9. The van der Waals surface area contributed by atoms with Gasteiger partial charge in [0.25, 0.3) is 0 Å². The van der Waals surface area contributed by atoms with E-state index in [4.69, 9.17) is 0 Å². The van der Waals surface area contributed by atoms with Gasteiger partial charge in [0.2, 0.25) is 0 Å². The predicted molar refractivity (Wildman–Crippen MR) is 53.3 cm³/mol. The molecule has 1 aromatic rings. The summed E-state index contributed by atoms with van der Waals surface area (Å²) in [6.45, 7) is 2.21. The van der Waals surface area contributed by atoms with Gasteiger partial charge in [-0.25, -0.2) is 0 Å². The van der Waals surface area contributed by atoms with Gasteiger partial charge in [0.05, 0.1) is 5.56 Å². The summed E-state index contributed by atoms with van der Waals surface area (Å²) in [7, 11) is 0. The summed E-state index contributed by atoms with van der Waals surface area (Å²) in [5.41, 5.74) is -0.531. The Hall–Kier alpha value is -0.710. The maximum absolute atomic E-state index is 12.4. The van der Waals surface area contributed by atoms with Crippen LogP contribution in [0.4, 0.5) is 18.9 Å². The maximum atomic E-state index is 12.4. The van der Waals surface area contributed by atoms with E-state index >= 15 is 0 Å². The summed E-state index contributed by atoms with van der Waals surface area (Å²) in [6.07, 6.45) is -4.31. The summed E-state index contributed by atoms with van der Waals surface area (Å²) in [5, 5.41) is 2.67. The zero-order valence-corrected chi connectivity index (χ0v) is 9.04. The first-order valence-corrected chi connectivity index (χ1v) is 4.85. The minimum absolute atomic E-state index is 0.106. The van der Waals surface area contributed by atoms with Crippen LogP contribution in [0.1, 0.15) is 12.5 Å². The number of halogens is 4. The van der Waals surface area contributed by atoms with E-state index in [0.717, 1.165) is 6.07 Å². The molecule has 0 amide bonds. The fourth-order valence-corrected chi connectivity index (χ4v) is 1.46. The molecule has 0 atom stereocenters. The van der Waals surface area contributed by atoms with Crippen molar-refractivity contribution in [3.05, 3.63) is 28.2 Å². The van der Waals surface area contributed by atoms with Gasteiger partial charge in [-0.1, -0.05) is 15.9 Å². The molecule has 0 saturated heterocycles. The molecule has 0 aliphatic carbocycles. The number of hydrogen-bond donors (Lipinski definition) is 1. The first kappa shape index (κ1) is 11.4. The molecule has 1 rings (SSSR count). The molecule has 5 heteroatoms. The van der Waals surface area contributed by atoms with Gasteiger partial charge in [-0.15, -0.1) is 0 Å². The highest BCUT2D eigenvalue weighted by molar-refractivity contribution is 9.10. The average Bonchev–Trinajstić information content (AvgIpc) is 2.02. The molecule has 0 bridgehead atoms. The quantitative estimate of drug-likeness (QED) is 0.857. The van der Waals surface area contributed by atoms with E-state index in [2.05, 4.69) is 21.2 Å². The van der Waals surface area contributed by atoms with Crippen molar-refractivity contribution in [1.29, 1.82) is 0 Å². The van der Waals surface area contributed by atoms with Crippen LogP contribution >= 0.6 is 15.9 Å². The van der Waals surface area contributed by atoms with Crippen LogP contribution in [0.5, 0.6) is 0 Å². The van der Waals surface area contributed by atoms with Gasteiger partial charge in [0.15, 0.2) is 0 Å². The smallest absolute Gasteiger partial charge is 0.385 e. The summed E-state index contributed by atoms with van der Waals surface area (Å²) in [6, 6.07) is 3.86. The van der Waals surface area contributed by atoms with Crippen LogP contribution < -0.4 is 5.32 Å². The lowest BCUT2D eigenvalue weighted by molar-refractivity contribution is -0.136. The molecule has 0 spiro atoms. The molecule has 0 unspecified atom stereocenters. The molecule has 0 saturated carbocycles. The third-order valence-corrected chi connectivity index (χ3v) is 2.15. The molecular weight excluding hydrogens is 259 g/mol. The van der Waals surface area contributed by atoms with Gasteiger partial charge in [-0.2, -0.15) is 13.2 Å². The monoisotopic (exact) mass is 267 g/mol. The van der Waals surface area contributed by atoms with Crippen LogP contribution in [0.3, 0.4) is 0 Å². The Morgan fingerprint density at radius 1 is 1.36 bits per heavy atom. The Kier molecular flexibility index (Phi) is 3.42. The van der Waals surface area contributed by atoms with Crippen LogP contribution in [0.15, 0.2) is 22.7 Å². The van der Waals surface area contributed by atoms with E-state index in [1.165, 1.54) is 12.1 Å². The van der Waals surface area contributed by atoms with E-state index in [0.29, 0.717) is 11.0 Å². The van der Waals surface area contributed by atoms with Gasteiger partial charge in [0, 0.05) is 16.7 Å². The zero-order valence-electron chi connectivity index (χ0n) is 7.45. The third kappa shape index (κ3) is 2.64. The number of alkyl halides is 3. The molecule has 0 radical (unpaired) electrons. The van der Waals surface area contributed by atoms with Gasteiger partial charge in [-0.3, -0.25) is 0 Å². The summed E-state index contributed by atoms with van der Waals surface area (Å²) < 4.78 is 38.0. The highest BCUT2D eigenvalue weighted by Crippen LogP contribution is 2.36. The molecule has 1 aromatic carbocycles. The predicted octanol–water partition coefficient (Wildman–Crippen LogP) is 3.90. The Labute approximate surface area is 88.4 Å². The van der Waals surface area contributed by atoms with Crippen LogP contribution in [-0.2, 0) is 6.18 Å². The van der Waals surface area contributed by atoms with E-state index < -0.39 is 11.7 Å².